The van der Waals surface area contributed by atoms with Gasteiger partial charge in [-0.15, -0.1) is 10.2 Å². The van der Waals surface area contributed by atoms with Crippen LogP contribution in [0.5, 0.6) is 5.75 Å². The molecule has 6 nitrogen and oxygen atoms in total. The number of nitrogens with zero attached hydrogens (tertiary/aromatic N) is 4. The predicted molar refractivity (Wildman–Crippen MR) is 121 cm³/mol. The van der Waals surface area contributed by atoms with Crippen molar-refractivity contribution in [3.8, 4) is 11.4 Å². The molecule has 1 heterocycles. The van der Waals surface area contributed by atoms with Crippen molar-refractivity contribution in [1.29, 1.82) is 0 Å². The molecule has 0 aliphatic heterocycles. The van der Waals surface area contributed by atoms with E-state index in [1.54, 1.807) is 36.4 Å². The molecule has 2 aromatic carbocycles. The highest BCUT2D eigenvalue weighted by atomic mass is 32.2. The second-order valence-corrected chi connectivity index (χ2v) is 8.68. The van der Waals surface area contributed by atoms with Gasteiger partial charge >= 0.3 is 0 Å². The molecule has 0 N–H and O–H groups in total. The fourth-order valence-corrected chi connectivity index (χ4v) is 3.97. The fourth-order valence-electron chi connectivity index (χ4n) is 3.02. The van der Waals surface area contributed by atoms with Gasteiger partial charge in [0.25, 0.3) is 0 Å². The van der Waals surface area contributed by atoms with Crippen molar-refractivity contribution >= 4 is 17.5 Å². The molecule has 2 unspecified atom stereocenters. The molecule has 164 valence electrons. The number of hydrogen-bond donors (Lipinski definition) is 0. The van der Waals surface area contributed by atoms with Gasteiger partial charge in [0, 0.05) is 11.3 Å². The van der Waals surface area contributed by atoms with Crippen molar-refractivity contribution in [1.82, 2.24) is 19.7 Å². The maximum atomic E-state index is 13.5. The average molecular weight is 443 g/mol. The smallest absolute Gasteiger partial charge is 0.196 e. The zero-order valence-electron chi connectivity index (χ0n) is 18.4. The third-order valence-electron chi connectivity index (χ3n) is 4.99. The number of halogens is 1. The highest BCUT2D eigenvalue weighted by Crippen LogP contribution is 2.30. The quantitative estimate of drug-likeness (QED) is 0.351. The summed E-state index contributed by atoms with van der Waals surface area (Å²) in [6.07, 6.45) is 0. The van der Waals surface area contributed by atoms with Crippen LogP contribution < -0.4 is 4.74 Å². The third-order valence-corrected chi connectivity index (χ3v) is 6.04. The number of hydrogen-bond acceptors (Lipinski definition) is 6. The lowest BCUT2D eigenvalue weighted by Crippen LogP contribution is -2.21. The molecule has 3 aromatic rings. The van der Waals surface area contributed by atoms with Crippen molar-refractivity contribution in [2.24, 2.45) is 0 Å². The SMILES string of the molecule is CCOc1ccc(C(=O)C(C)Sc2nnc(C(C)N(C)C)n2-c2ccc(F)cc2)cc1. The summed E-state index contributed by atoms with van der Waals surface area (Å²) in [5.74, 6) is 1.13. The molecule has 0 aliphatic carbocycles. The maximum absolute atomic E-state index is 13.5. The largest absolute Gasteiger partial charge is 0.494 e. The van der Waals surface area contributed by atoms with E-state index in [4.69, 9.17) is 4.74 Å². The summed E-state index contributed by atoms with van der Waals surface area (Å²) in [6, 6.07) is 13.3. The summed E-state index contributed by atoms with van der Waals surface area (Å²) < 4.78 is 20.8. The summed E-state index contributed by atoms with van der Waals surface area (Å²) in [5.41, 5.74) is 1.36. The lowest BCUT2D eigenvalue weighted by atomic mass is 10.1. The molecular weight excluding hydrogens is 415 g/mol. The molecule has 0 aliphatic rings. The van der Waals surface area contributed by atoms with Gasteiger partial charge in [-0.05, 0) is 83.4 Å². The first-order chi connectivity index (χ1) is 14.8. The summed E-state index contributed by atoms with van der Waals surface area (Å²) in [5, 5.41) is 8.94. The van der Waals surface area contributed by atoms with E-state index < -0.39 is 0 Å². The van der Waals surface area contributed by atoms with E-state index in [1.807, 2.05) is 44.3 Å². The van der Waals surface area contributed by atoms with Crippen LogP contribution in [0.2, 0.25) is 0 Å². The van der Waals surface area contributed by atoms with Crippen LogP contribution in [0.15, 0.2) is 53.7 Å². The van der Waals surface area contributed by atoms with Gasteiger partial charge in [0.2, 0.25) is 0 Å². The number of carbonyl (C=O) groups is 1. The third kappa shape index (κ3) is 5.32. The van der Waals surface area contributed by atoms with E-state index in [9.17, 15) is 9.18 Å². The Hall–Kier alpha value is -2.71. The topological polar surface area (TPSA) is 60.2 Å². The molecule has 1 aromatic heterocycles. The first-order valence-corrected chi connectivity index (χ1v) is 11.0. The van der Waals surface area contributed by atoms with E-state index in [1.165, 1.54) is 23.9 Å². The van der Waals surface area contributed by atoms with E-state index in [0.29, 0.717) is 17.3 Å². The van der Waals surface area contributed by atoms with Gasteiger partial charge in [0.15, 0.2) is 16.8 Å². The van der Waals surface area contributed by atoms with Crippen LogP contribution in [0.4, 0.5) is 4.39 Å². The van der Waals surface area contributed by atoms with Gasteiger partial charge in [-0.25, -0.2) is 4.39 Å². The number of ketones is 1. The van der Waals surface area contributed by atoms with Crippen molar-refractivity contribution in [3.05, 3.63) is 65.7 Å². The first-order valence-electron chi connectivity index (χ1n) is 10.1. The molecular formula is C23H27FN4O2S. The van der Waals surface area contributed by atoms with Crippen LogP contribution in [-0.2, 0) is 0 Å². The summed E-state index contributed by atoms with van der Waals surface area (Å²) in [4.78, 5) is 15.0. The lowest BCUT2D eigenvalue weighted by Gasteiger charge is -2.21. The highest BCUT2D eigenvalue weighted by Gasteiger charge is 2.25. The molecule has 0 fully saturated rings. The monoisotopic (exact) mass is 442 g/mol. The molecule has 2 atom stereocenters. The summed E-state index contributed by atoms with van der Waals surface area (Å²) in [7, 11) is 3.92. The summed E-state index contributed by atoms with van der Waals surface area (Å²) >= 11 is 1.33. The van der Waals surface area contributed by atoms with Crippen LogP contribution in [0.1, 0.15) is 43.0 Å². The Balaban J connectivity index is 1.89. The Morgan fingerprint density at radius 1 is 1.10 bits per heavy atom. The van der Waals surface area contributed by atoms with E-state index in [0.717, 1.165) is 17.3 Å². The Morgan fingerprint density at radius 2 is 1.74 bits per heavy atom. The first kappa shape index (κ1) is 23.0. The van der Waals surface area contributed by atoms with Crippen LogP contribution in [0, 0.1) is 5.82 Å². The van der Waals surface area contributed by atoms with Crippen molar-refractivity contribution in [2.45, 2.75) is 37.2 Å². The molecule has 0 spiro atoms. The van der Waals surface area contributed by atoms with Crippen molar-refractivity contribution in [3.63, 3.8) is 0 Å². The van der Waals surface area contributed by atoms with E-state index in [-0.39, 0.29) is 22.9 Å². The molecule has 0 saturated heterocycles. The van der Waals surface area contributed by atoms with E-state index in [2.05, 4.69) is 10.2 Å². The van der Waals surface area contributed by atoms with Gasteiger partial charge in [-0.3, -0.25) is 14.3 Å². The van der Waals surface area contributed by atoms with Crippen LogP contribution >= 0.6 is 11.8 Å². The van der Waals surface area contributed by atoms with Crippen LogP contribution in [0.25, 0.3) is 5.69 Å². The zero-order chi connectivity index (χ0) is 22.5. The second kappa shape index (κ2) is 10.1. The Bertz CT molecular complexity index is 1020. The van der Waals surface area contributed by atoms with Crippen LogP contribution in [0.3, 0.4) is 0 Å². The van der Waals surface area contributed by atoms with Gasteiger partial charge in [0.1, 0.15) is 11.6 Å². The van der Waals surface area contributed by atoms with Gasteiger partial charge in [-0.2, -0.15) is 0 Å². The second-order valence-electron chi connectivity index (χ2n) is 7.37. The number of benzene rings is 2. The maximum Gasteiger partial charge on any atom is 0.196 e. The number of carbonyl (C=O) groups excluding carboxylic acids is 1. The van der Waals surface area contributed by atoms with Crippen molar-refractivity contribution in [2.75, 3.05) is 20.7 Å². The molecule has 0 radical (unpaired) electrons. The normalized spacial score (nSPS) is 13.3. The number of rotatable bonds is 9. The van der Waals surface area contributed by atoms with Gasteiger partial charge < -0.3 is 4.74 Å². The minimum absolute atomic E-state index is 0.0103. The average Bonchev–Trinajstić information content (AvgIpc) is 3.17. The minimum atomic E-state index is -0.385. The molecule has 0 bridgehead atoms. The Morgan fingerprint density at radius 3 is 2.32 bits per heavy atom. The molecule has 31 heavy (non-hydrogen) atoms. The molecule has 3 rings (SSSR count). The van der Waals surface area contributed by atoms with Crippen LogP contribution in [-0.4, -0.2) is 51.4 Å². The van der Waals surface area contributed by atoms with Crippen molar-refractivity contribution < 1.29 is 13.9 Å². The number of aromatic nitrogens is 3. The standard InChI is InChI=1S/C23H27FN4O2S/c1-6-30-20-13-7-17(8-14-20)21(29)16(3)31-23-26-25-22(15(2)27(4)5)28(23)19-11-9-18(24)10-12-19/h7-16H,6H2,1-5H3. The Labute approximate surface area is 186 Å². The predicted octanol–water partition coefficient (Wildman–Crippen LogP) is 4.79. The molecule has 0 amide bonds. The van der Waals surface area contributed by atoms with Gasteiger partial charge in [-0.1, -0.05) is 11.8 Å². The minimum Gasteiger partial charge on any atom is -0.494 e. The number of ether oxygens (including phenoxy) is 1. The zero-order valence-corrected chi connectivity index (χ0v) is 19.2. The lowest BCUT2D eigenvalue weighted by molar-refractivity contribution is 0.0994. The summed E-state index contributed by atoms with van der Waals surface area (Å²) in [6.45, 7) is 6.36. The van der Waals surface area contributed by atoms with Gasteiger partial charge in [0.05, 0.1) is 17.9 Å². The molecule has 0 saturated carbocycles. The number of Topliss-reactive ketones (excluding diaryl/α,β-unsaturated/α-hetero) is 1. The molecule has 8 heteroatoms. The fraction of sp³-hybridized carbons (Fsp3) is 0.348. The Kier molecular flexibility index (Phi) is 7.46. The number of thioether (sulfide) groups is 1. The highest BCUT2D eigenvalue weighted by molar-refractivity contribution is 8.00. The van der Waals surface area contributed by atoms with E-state index >= 15 is 0 Å².